The molecule has 2 atom stereocenters. The molecule has 1 aliphatic rings. The molecule has 1 amide bonds. The number of carbonyl (C=O) groups excluding carboxylic acids is 1. The Balaban J connectivity index is 1.65. The van der Waals surface area contributed by atoms with Gasteiger partial charge in [-0.1, -0.05) is 78.4 Å². The normalized spacial score (nSPS) is 18.1. The highest BCUT2D eigenvalue weighted by molar-refractivity contribution is 6.06. The standard InChI is InChI=1S/C25H22N4O/c1-18-9-8-14-21(15-18)24(30)28-22(19-10-4-2-5-11-19)16-23(20-12-6-3-7-13-20)29-25(28)26-17-27-29/h2-15,17,22-23H,16H2,1H3/t22-,23+/m1/s1. The second kappa shape index (κ2) is 7.59. The molecule has 1 aromatic heterocycles. The first-order valence-electron chi connectivity index (χ1n) is 10.1. The van der Waals surface area contributed by atoms with Crippen molar-refractivity contribution in [2.45, 2.75) is 25.4 Å². The number of rotatable bonds is 3. The molecule has 30 heavy (non-hydrogen) atoms. The highest BCUT2D eigenvalue weighted by Gasteiger charge is 2.39. The van der Waals surface area contributed by atoms with Gasteiger partial charge in [-0.15, -0.1) is 0 Å². The van der Waals surface area contributed by atoms with Crippen LogP contribution in [0, 0.1) is 6.92 Å². The van der Waals surface area contributed by atoms with Crippen molar-refractivity contribution in [3.63, 3.8) is 0 Å². The molecule has 0 N–H and O–H groups in total. The van der Waals surface area contributed by atoms with Gasteiger partial charge in [0.2, 0.25) is 5.95 Å². The van der Waals surface area contributed by atoms with E-state index in [9.17, 15) is 4.79 Å². The Kier molecular flexibility index (Phi) is 4.64. The zero-order valence-corrected chi connectivity index (χ0v) is 16.7. The molecule has 4 aromatic rings. The highest BCUT2D eigenvalue weighted by Crippen LogP contribution is 2.42. The molecule has 3 aromatic carbocycles. The average Bonchev–Trinajstić information content (AvgIpc) is 3.28. The van der Waals surface area contributed by atoms with E-state index < -0.39 is 0 Å². The lowest BCUT2D eigenvalue weighted by atomic mass is 9.91. The number of hydrogen-bond acceptors (Lipinski definition) is 3. The van der Waals surface area contributed by atoms with Gasteiger partial charge in [0.05, 0.1) is 12.1 Å². The third kappa shape index (κ3) is 3.18. The second-order valence-electron chi connectivity index (χ2n) is 7.64. The molecule has 0 unspecified atom stereocenters. The Bertz CT molecular complexity index is 1170. The van der Waals surface area contributed by atoms with Gasteiger partial charge in [-0.05, 0) is 36.6 Å². The van der Waals surface area contributed by atoms with E-state index in [1.807, 2.05) is 72.3 Å². The molecule has 0 bridgehead atoms. The summed E-state index contributed by atoms with van der Waals surface area (Å²) < 4.78 is 1.88. The quantitative estimate of drug-likeness (QED) is 0.493. The minimum atomic E-state index is -0.138. The van der Waals surface area contributed by atoms with Gasteiger partial charge in [0.1, 0.15) is 6.33 Å². The zero-order valence-electron chi connectivity index (χ0n) is 16.7. The predicted octanol–water partition coefficient (Wildman–Crippen LogP) is 4.97. The van der Waals surface area contributed by atoms with Crippen molar-refractivity contribution in [3.8, 4) is 0 Å². The third-order valence-corrected chi connectivity index (χ3v) is 5.68. The largest absolute Gasteiger partial charge is 0.269 e. The maximum Gasteiger partial charge on any atom is 0.261 e. The van der Waals surface area contributed by atoms with E-state index in [-0.39, 0.29) is 18.0 Å². The number of aromatic nitrogens is 3. The van der Waals surface area contributed by atoms with Gasteiger partial charge >= 0.3 is 0 Å². The first-order valence-corrected chi connectivity index (χ1v) is 10.1. The number of benzene rings is 3. The fourth-order valence-electron chi connectivity index (χ4n) is 4.25. The Morgan fingerprint density at radius 2 is 1.53 bits per heavy atom. The lowest BCUT2D eigenvalue weighted by molar-refractivity contribution is 0.0963. The molecule has 5 rings (SSSR count). The Labute approximate surface area is 175 Å². The van der Waals surface area contributed by atoms with Gasteiger partial charge in [-0.25, -0.2) is 4.68 Å². The van der Waals surface area contributed by atoms with Crippen LogP contribution in [0.3, 0.4) is 0 Å². The van der Waals surface area contributed by atoms with Crippen LogP contribution in [0.5, 0.6) is 0 Å². The molecule has 2 heterocycles. The lowest BCUT2D eigenvalue weighted by Gasteiger charge is -2.39. The molecule has 0 aliphatic carbocycles. The first kappa shape index (κ1) is 18.3. The topological polar surface area (TPSA) is 51.0 Å². The third-order valence-electron chi connectivity index (χ3n) is 5.68. The lowest BCUT2D eigenvalue weighted by Crippen LogP contribution is -2.42. The predicted molar refractivity (Wildman–Crippen MR) is 116 cm³/mol. The smallest absolute Gasteiger partial charge is 0.261 e. The van der Waals surface area contributed by atoms with Crippen molar-refractivity contribution in [3.05, 3.63) is 114 Å². The summed E-state index contributed by atoms with van der Waals surface area (Å²) in [6, 6.07) is 28.1. The van der Waals surface area contributed by atoms with Crippen LogP contribution in [-0.2, 0) is 0 Å². The molecule has 5 nitrogen and oxygen atoms in total. The van der Waals surface area contributed by atoms with Crippen LogP contribution in [-0.4, -0.2) is 20.7 Å². The SMILES string of the molecule is Cc1cccc(C(=O)N2c3ncnn3[C@H](c3ccccc3)C[C@@H]2c2ccccc2)c1. The van der Waals surface area contributed by atoms with Gasteiger partial charge in [0, 0.05) is 5.56 Å². The molecular formula is C25H22N4O. The molecular weight excluding hydrogens is 372 g/mol. The fourth-order valence-corrected chi connectivity index (χ4v) is 4.25. The van der Waals surface area contributed by atoms with Gasteiger partial charge in [0.15, 0.2) is 0 Å². The maximum atomic E-state index is 13.7. The summed E-state index contributed by atoms with van der Waals surface area (Å²) in [6.45, 7) is 2.00. The summed E-state index contributed by atoms with van der Waals surface area (Å²) in [6.07, 6.45) is 2.26. The number of amides is 1. The van der Waals surface area contributed by atoms with E-state index in [1.165, 1.54) is 6.33 Å². The first-order chi connectivity index (χ1) is 14.7. The van der Waals surface area contributed by atoms with Crippen molar-refractivity contribution in [1.29, 1.82) is 0 Å². The van der Waals surface area contributed by atoms with E-state index in [1.54, 1.807) is 4.90 Å². The molecule has 148 valence electrons. The van der Waals surface area contributed by atoms with E-state index in [2.05, 4.69) is 34.3 Å². The number of anilines is 1. The fraction of sp³-hybridized carbons (Fsp3) is 0.160. The summed E-state index contributed by atoms with van der Waals surface area (Å²) in [4.78, 5) is 20.0. The van der Waals surface area contributed by atoms with Crippen molar-refractivity contribution < 1.29 is 4.79 Å². The monoisotopic (exact) mass is 394 g/mol. The molecule has 1 aliphatic heterocycles. The van der Waals surface area contributed by atoms with Crippen LogP contribution in [0.25, 0.3) is 0 Å². The number of hydrogen-bond donors (Lipinski definition) is 0. The number of nitrogens with zero attached hydrogens (tertiary/aromatic N) is 4. The van der Waals surface area contributed by atoms with Crippen molar-refractivity contribution in [2.24, 2.45) is 0 Å². The van der Waals surface area contributed by atoms with Crippen LogP contribution >= 0.6 is 0 Å². The van der Waals surface area contributed by atoms with Crippen LogP contribution in [0.15, 0.2) is 91.3 Å². The van der Waals surface area contributed by atoms with Gasteiger partial charge in [0.25, 0.3) is 5.91 Å². The minimum absolute atomic E-state index is 0.00969. The zero-order chi connectivity index (χ0) is 20.5. The molecule has 5 heteroatoms. The minimum Gasteiger partial charge on any atom is -0.269 e. The number of carbonyl (C=O) groups is 1. The summed E-state index contributed by atoms with van der Waals surface area (Å²) in [5.74, 6) is 0.517. The Morgan fingerprint density at radius 3 is 2.20 bits per heavy atom. The number of aryl methyl sites for hydroxylation is 1. The summed E-state index contributed by atoms with van der Waals surface area (Å²) in [5.41, 5.74) is 3.96. The Hall–Kier alpha value is -3.73. The summed E-state index contributed by atoms with van der Waals surface area (Å²) >= 11 is 0. The molecule has 0 spiro atoms. The molecule has 0 fully saturated rings. The van der Waals surface area contributed by atoms with Crippen LogP contribution < -0.4 is 4.90 Å². The maximum absolute atomic E-state index is 13.7. The van der Waals surface area contributed by atoms with E-state index >= 15 is 0 Å². The molecule has 0 saturated carbocycles. The van der Waals surface area contributed by atoms with Gasteiger partial charge in [-0.3, -0.25) is 9.69 Å². The summed E-state index contributed by atoms with van der Waals surface area (Å²) in [5, 5.41) is 4.50. The van der Waals surface area contributed by atoms with Gasteiger partial charge in [-0.2, -0.15) is 10.1 Å². The van der Waals surface area contributed by atoms with Crippen molar-refractivity contribution >= 4 is 11.9 Å². The highest BCUT2D eigenvalue weighted by atomic mass is 16.2. The second-order valence-corrected chi connectivity index (χ2v) is 7.64. The van der Waals surface area contributed by atoms with E-state index in [0.29, 0.717) is 11.5 Å². The Morgan fingerprint density at radius 1 is 0.867 bits per heavy atom. The van der Waals surface area contributed by atoms with Gasteiger partial charge < -0.3 is 0 Å². The van der Waals surface area contributed by atoms with E-state index in [0.717, 1.165) is 23.1 Å². The van der Waals surface area contributed by atoms with E-state index in [4.69, 9.17) is 0 Å². The molecule has 0 saturated heterocycles. The van der Waals surface area contributed by atoms with Crippen molar-refractivity contribution in [1.82, 2.24) is 14.8 Å². The molecule has 0 radical (unpaired) electrons. The summed E-state index contributed by atoms with van der Waals surface area (Å²) in [7, 11) is 0. The van der Waals surface area contributed by atoms with Crippen LogP contribution in [0.1, 0.15) is 45.6 Å². The van der Waals surface area contributed by atoms with Crippen LogP contribution in [0.4, 0.5) is 5.95 Å². The van der Waals surface area contributed by atoms with Crippen molar-refractivity contribution in [2.75, 3.05) is 4.90 Å². The number of fused-ring (bicyclic) bond motifs is 1. The average molecular weight is 394 g/mol. The van der Waals surface area contributed by atoms with Crippen LogP contribution in [0.2, 0.25) is 0 Å².